The van der Waals surface area contributed by atoms with Crippen molar-refractivity contribution in [3.8, 4) is 0 Å². The van der Waals surface area contributed by atoms with E-state index in [1.54, 1.807) is 0 Å². The second kappa shape index (κ2) is 5.04. The van der Waals surface area contributed by atoms with Crippen LogP contribution in [0.2, 0.25) is 0 Å². The van der Waals surface area contributed by atoms with E-state index in [4.69, 9.17) is 0 Å². The number of carbonyl (C=O) groups is 1. The van der Waals surface area contributed by atoms with Crippen LogP contribution in [0.3, 0.4) is 0 Å². The first-order valence-corrected chi connectivity index (χ1v) is 6.39. The van der Waals surface area contributed by atoms with Crippen LogP contribution in [0.5, 0.6) is 0 Å². The third-order valence-corrected chi connectivity index (χ3v) is 3.70. The van der Waals surface area contributed by atoms with Crippen molar-refractivity contribution in [3.05, 3.63) is 0 Å². The minimum atomic E-state index is 0.264. The Hall–Kier alpha value is -0.770. The highest BCUT2D eigenvalue weighted by Crippen LogP contribution is 2.17. The summed E-state index contributed by atoms with van der Waals surface area (Å²) in [6, 6.07) is 0.264. The van der Waals surface area contributed by atoms with Gasteiger partial charge in [-0.05, 0) is 25.8 Å². The van der Waals surface area contributed by atoms with Gasteiger partial charge in [0.15, 0.2) is 0 Å². The number of carbonyl (C=O) groups excluding carboxylic acids is 1. The number of nitrogens with zero attached hydrogens (tertiary/aromatic N) is 3. The summed E-state index contributed by atoms with van der Waals surface area (Å²) in [4.78, 5) is 18.6. The van der Waals surface area contributed by atoms with Gasteiger partial charge in [-0.2, -0.15) is 0 Å². The molecule has 2 amide bonds. The summed E-state index contributed by atoms with van der Waals surface area (Å²) < 4.78 is 0. The average Bonchev–Trinajstić information content (AvgIpc) is 2.29. The molecule has 0 saturated carbocycles. The largest absolute Gasteiger partial charge is 0.324 e. The zero-order valence-corrected chi connectivity index (χ0v) is 10.5. The number of urea groups is 1. The molecule has 0 aliphatic carbocycles. The van der Waals surface area contributed by atoms with Crippen LogP contribution in [-0.2, 0) is 0 Å². The van der Waals surface area contributed by atoms with Crippen LogP contribution >= 0.6 is 0 Å². The van der Waals surface area contributed by atoms with Crippen LogP contribution in [0.4, 0.5) is 4.79 Å². The molecule has 16 heavy (non-hydrogen) atoms. The second-order valence-electron chi connectivity index (χ2n) is 5.27. The second-order valence-corrected chi connectivity index (χ2v) is 5.27. The number of likely N-dealkylation sites (tertiary alicyclic amines) is 1. The number of amides is 2. The van der Waals surface area contributed by atoms with Gasteiger partial charge in [-0.25, -0.2) is 4.79 Å². The molecule has 2 heterocycles. The van der Waals surface area contributed by atoms with Gasteiger partial charge in [0.05, 0.1) is 0 Å². The lowest BCUT2D eigenvalue weighted by molar-refractivity contribution is 0.107. The molecule has 2 rings (SSSR count). The molecule has 0 bridgehead atoms. The fraction of sp³-hybridized carbons (Fsp3) is 0.917. The zero-order valence-electron chi connectivity index (χ0n) is 10.5. The maximum Gasteiger partial charge on any atom is 0.320 e. The van der Waals surface area contributed by atoms with Crippen LogP contribution in [-0.4, -0.2) is 67.0 Å². The SMILES string of the molecule is CC1CCCN(C(=O)N2CCN(C)CC2)C1. The van der Waals surface area contributed by atoms with Crippen LogP contribution in [0, 0.1) is 5.92 Å². The molecule has 2 fully saturated rings. The molecular formula is C12H23N3O. The lowest BCUT2D eigenvalue weighted by Gasteiger charge is -2.38. The van der Waals surface area contributed by atoms with Crippen LogP contribution in [0.25, 0.3) is 0 Å². The van der Waals surface area contributed by atoms with Gasteiger partial charge in [0, 0.05) is 39.3 Å². The number of rotatable bonds is 0. The predicted octanol–water partition coefficient (Wildman–Crippen LogP) is 1.09. The number of piperidine rings is 1. The highest BCUT2D eigenvalue weighted by molar-refractivity contribution is 5.74. The Kier molecular flexibility index (Phi) is 3.69. The topological polar surface area (TPSA) is 26.8 Å². The molecule has 0 aromatic heterocycles. The summed E-state index contributed by atoms with van der Waals surface area (Å²) >= 11 is 0. The molecule has 2 aliphatic rings. The number of piperazine rings is 1. The van der Waals surface area contributed by atoms with Gasteiger partial charge in [0.1, 0.15) is 0 Å². The summed E-state index contributed by atoms with van der Waals surface area (Å²) in [6.45, 7) is 7.94. The van der Waals surface area contributed by atoms with Crippen molar-refractivity contribution in [1.29, 1.82) is 0 Å². The van der Waals surface area contributed by atoms with Crippen molar-refractivity contribution < 1.29 is 4.79 Å². The summed E-state index contributed by atoms with van der Waals surface area (Å²) in [5.74, 6) is 0.671. The third kappa shape index (κ3) is 2.67. The van der Waals surface area contributed by atoms with E-state index >= 15 is 0 Å². The number of hydrogen-bond donors (Lipinski definition) is 0. The molecule has 0 spiro atoms. The Morgan fingerprint density at radius 3 is 2.38 bits per heavy atom. The van der Waals surface area contributed by atoms with Gasteiger partial charge in [-0.1, -0.05) is 6.92 Å². The summed E-state index contributed by atoms with van der Waals surface area (Å²) in [7, 11) is 2.12. The smallest absolute Gasteiger partial charge is 0.320 e. The minimum absolute atomic E-state index is 0.264. The van der Waals surface area contributed by atoms with Crippen LogP contribution in [0.1, 0.15) is 19.8 Å². The van der Waals surface area contributed by atoms with E-state index in [9.17, 15) is 4.79 Å². The zero-order chi connectivity index (χ0) is 11.5. The molecule has 0 aromatic carbocycles. The summed E-state index contributed by atoms with van der Waals surface area (Å²) in [5.41, 5.74) is 0. The first-order valence-electron chi connectivity index (χ1n) is 6.39. The maximum atomic E-state index is 12.2. The Morgan fingerprint density at radius 1 is 1.06 bits per heavy atom. The average molecular weight is 225 g/mol. The molecule has 1 unspecified atom stereocenters. The molecular weight excluding hydrogens is 202 g/mol. The molecule has 0 aromatic rings. The lowest BCUT2D eigenvalue weighted by Crippen LogP contribution is -2.53. The standard InChI is InChI=1S/C12H23N3O/c1-11-4-3-5-15(10-11)12(16)14-8-6-13(2)7-9-14/h11H,3-10H2,1-2H3. The molecule has 0 N–H and O–H groups in total. The molecule has 2 aliphatic heterocycles. The molecule has 1 atom stereocenters. The van der Waals surface area contributed by atoms with Gasteiger partial charge >= 0.3 is 6.03 Å². The van der Waals surface area contributed by atoms with E-state index in [2.05, 4.69) is 18.9 Å². The highest BCUT2D eigenvalue weighted by atomic mass is 16.2. The Balaban J connectivity index is 1.86. The third-order valence-electron chi connectivity index (χ3n) is 3.70. The quantitative estimate of drug-likeness (QED) is 0.617. The molecule has 4 nitrogen and oxygen atoms in total. The molecule has 92 valence electrons. The molecule has 4 heteroatoms. The maximum absolute atomic E-state index is 12.2. The van der Waals surface area contributed by atoms with E-state index < -0.39 is 0 Å². The van der Waals surface area contributed by atoms with Gasteiger partial charge in [-0.15, -0.1) is 0 Å². The Bertz CT molecular complexity index is 249. The highest BCUT2D eigenvalue weighted by Gasteiger charge is 2.26. The Morgan fingerprint density at radius 2 is 1.75 bits per heavy atom. The summed E-state index contributed by atoms with van der Waals surface area (Å²) in [5, 5.41) is 0. The van der Waals surface area contributed by atoms with E-state index in [-0.39, 0.29) is 6.03 Å². The van der Waals surface area contributed by atoms with Crippen molar-refractivity contribution in [2.24, 2.45) is 5.92 Å². The molecule has 0 radical (unpaired) electrons. The lowest BCUT2D eigenvalue weighted by atomic mass is 10.0. The monoisotopic (exact) mass is 225 g/mol. The van der Waals surface area contributed by atoms with Crippen molar-refractivity contribution in [2.45, 2.75) is 19.8 Å². The fourth-order valence-corrected chi connectivity index (χ4v) is 2.56. The van der Waals surface area contributed by atoms with Crippen molar-refractivity contribution in [2.75, 3.05) is 46.3 Å². The Labute approximate surface area is 98.2 Å². The molecule has 2 saturated heterocycles. The van der Waals surface area contributed by atoms with Crippen LogP contribution in [0.15, 0.2) is 0 Å². The normalized spacial score (nSPS) is 28.2. The first kappa shape index (κ1) is 11.7. The van der Waals surface area contributed by atoms with Gasteiger partial charge < -0.3 is 14.7 Å². The number of hydrogen-bond acceptors (Lipinski definition) is 2. The van der Waals surface area contributed by atoms with E-state index in [0.29, 0.717) is 5.92 Å². The summed E-state index contributed by atoms with van der Waals surface area (Å²) in [6.07, 6.45) is 2.44. The van der Waals surface area contributed by atoms with E-state index in [0.717, 1.165) is 39.3 Å². The fourth-order valence-electron chi connectivity index (χ4n) is 2.56. The van der Waals surface area contributed by atoms with Crippen molar-refractivity contribution in [3.63, 3.8) is 0 Å². The van der Waals surface area contributed by atoms with Crippen molar-refractivity contribution >= 4 is 6.03 Å². The predicted molar refractivity (Wildman–Crippen MR) is 64.4 cm³/mol. The minimum Gasteiger partial charge on any atom is -0.324 e. The van der Waals surface area contributed by atoms with E-state index in [1.165, 1.54) is 12.8 Å². The number of likely N-dealkylation sites (N-methyl/N-ethyl adjacent to an activating group) is 1. The first-order chi connectivity index (χ1) is 7.66. The van der Waals surface area contributed by atoms with E-state index in [1.807, 2.05) is 9.80 Å². The van der Waals surface area contributed by atoms with Crippen LogP contribution < -0.4 is 0 Å². The van der Waals surface area contributed by atoms with Gasteiger partial charge in [-0.3, -0.25) is 0 Å². The van der Waals surface area contributed by atoms with Gasteiger partial charge in [0.2, 0.25) is 0 Å². The van der Waals surface area contributed by atoms with Crippen molar-refractivity contribution in [1.82, 2.24) is 14.7 Å². The van der Waals surface area contributed by atoms with Gasteiger partial charge in [0.25, 0.3) is 0 Å².